The third kappa shape index (κ3) is 9.82. The molecule has 0 aliphatic heterocycles. The first kappa shape index (κ1) is 20.3. The summed E-state index contributed by atoms with van der Waals surface area (Å²) < 4.78 is 36.9. The smallest absolute Gasteiger partial charge is 0.324 e. The molecule has 21 heavy (non-hydrogen) atoms. The lowest BCUT2D eigenvalue weighted by atomic mass is 10.1. The summed E-state index contributed by atoms with van der Waals surface area (Å²) in [6, 6.07) is -0.895. The molecule has 0 aliphatic carbocycles. The van der Waals surface area contributed by atoms with E-state index in [2.05, 4.69) is 4.72 Å². The molecule has 126 valence electrons. The highest BCUT2D eigenvalue weighted by Crippen LogP contribution is 2.13. The van der Waals surface area contributed by atoms with Gasteiger partial charge >= 0.3 is 5.97 Å². The van der Waals surface area contributed by atoms with E-state index >= 15 is 0 Å². The first-order valence-electron chi connectivity index (χ1n) is 7.18. The quantitative estimate of drug-likeness (QED) is 0.688. The van der Waals surface area contributed by atoms with Crippen LogP contribution in [0.4, 0.5) is 0 Å². The molecule has 6 nitrogen and oxygen atoms in total. The zero-order valence-corrected chi connectivity index (χ0v) is 14.9. The normalized spacial score (nSPS) is 14.5. The molecule has 0 radical (unpaired) electrons. The van der Waals surface area contributed by atoms with Crippen molar-refractivity contribution in [2.45, 2.75) is 66.2 Å². The van der Waals surface area contributed by atoms with Crippen LogP contribution >= 0.6 is 0 Å². The molecule has 1 N–H and O–H groups in total. The molecule has 0 rings (SSSR count). The standard InChI is InChI=1S/C14H29NO5S/c1-10(2)12(13(16)20-14(5,6)7)15-21(17,18)9-8-19-11(3)4/h10-12,15H,8-9H2,1-7H3/t12-/m0/s1. The summed E-state index contributed by atoms with van der Waals surface area (Å²) >= 11 is 0. The van der Waals surface area contributed by atoms with Gasteiger partial charge in [0.2, 0.25) is 10.0 Å². The van der Waals surface area contributed by atoms with Crippen molar-refractivity contribution in [2.24, 2.45) is 5.92 Å². The van der Waals surface area contributed by atoms with Crippen LogP contribution in [-0.2, 0) is 24.3 Å². The Morgan fingerprint density at radius 2 is 1.67 bits per heavy atom. The summed E-state index contributed by atoms with van der Waals surface area (Å²) in [7, 11) is -3.60. The maximum Gasteiger partial charge on any atom is 0.324 e. The van der Waals surface area contributed by atoms with Crippen molar-refractivity contribution in [2.75, 3.05) is 12.4 Å². The van der Waals surface area contributed by atoms with Gasteiger partial charge in [0.15, 0.2) is 0 Å². The zero-order chi connectivity index (χ0) is 16.8. The minimum Gasteiger partial charge on any atom is -0.459 e. The van der Waals surface area contributed by atoms with Gasteiger partial charge in [0.1, 0.15) is 11.6 Å². The number of rotatable bonds is 8. The van der Waals surface area contributed by atoms with Crippen LogP contribution in [0.25, 0.3) is 0 Å². The molecule has 0 spiro atoms. The highest BCUT2D eigenvalue weighted by atomic mass is 32.2. The third-order valence-electron chi connectivity index (χ3n) is 2.44. The number of esters is 1. The van der Waals surface area contributed by atoms with Crippen LogP contribution in [0.2, 0.25) is 0 Å². The second-order valence-electron chi connectivity index (χ2n) is 6.61. The van der Waals surface area contributed by atoms with Gasteiger partial charge in [0.05, 0.1) is 18.5 Å². The van der Waals surface area contributed by atoms with Gasteiger partial charge in [0.25, 0.3) is 0 Å². The summed E-state index contributed by atoms with van der Waals surface area (Å²) in [5.41, 5.74) is -0.656. The second kappa shape index (κ2) is 8.10. The van der Waals surface area contributed by atoms with Crippen LogP contribution in [0.3, 0.4) is 0 Å². The molecule has 0 aromatic heterocycles. The van der Waals surface area contributed by atoms with Crippen molar-refractivity contribution in [3.8, 4) is 0 Å². The van der Waals surface area contributed by atoms with Crippen LogP contribution in [0, 0.1) is 5.92 Å². The summed E-state index contributed by atoms with van der Waals surface area (Å²) in [6.45, 7) is 12.5. The number of hydrogen-bond acceptors (Lipinski definition) is 5. The molecule has 0 aliphatic rings. The largest absolute Gasteiger partial charge is 0.459 e. The molecular weight excluding hydrogens is 294 g/mol. The van der Waals surface area contributed by atoms with Gasteiger partial charge in [-0.2, -0.15) is 0 Å². The van der Waals surface area contributed by atoms with E-state index in [1.165, 1.54) is 0 Å². The molecular formula is C14H29NO5S. The minimum absolute atomic E-state index is 0.0352. The summed E-state index contributed by atoms with van der Waals surface area (Å²) in [5.74, 6) is -0.955. The topological polar surface area (TPSA) is 81.7 Å². The van der Waals surface area contributed by atoms with Crippen molar-refractivity contribution < 1.29 is 22.7 Å². The van der Waals surface area contributed by atoms with Gasteiger partial charge in [0, 0.05) is 0 Å². The molecule has 7 heteroatoms. The number of sulfonamides is 1. The van der Waals surface area contributed by atoms with E-state index in [1.807, 2.05) is 13.8 Å². The lowest BCUT2D eigenvalue weighted by molar-refractivity contribution is -0.158. The Bertz CT molecular complexity index is 423. The Morgan fingerprint density at radius 3 is 2.05 bits per heavy atom. The SMILES string of the molecule is CC(C)OCCS(=O)(=O)N[C@H](C(=O)OC(C)(C)C)C(C)C. The van der Waals surface area contributed by atoms with Gasteiger partial charge in [-0.3, -0.25) is 4.79 Å². The zero-order valence-electron chi connectivity index (χ0n) is 14.1. The molecule has 0 saturated heterocycles. The fourth-order valence-corrected chi connectivity index (χ4v) is 2.66. The Morgan fingerprint density at radius 1 is 1.14 bits per heavy atom. The van der Waals surface area contributed by atoms with Crippen molar-refractivity contribution in [1.82, 2.24) is 4.72 Å². The summed E-state index contributed by atoms with van der Waals surface area (Å²) in [6.07, 6.45) is -0.0352. The first-order valence-corrected chi connectivity index (χ1v) is 8.84. The maximum atomic E-state index is 12.1. The van der Waals surface area contributed by atoms with Crippen LogP contribution in [0.15, 0.2) is 0 Å². The number of nitrogens with one attached hydrogen (secondary N) is 1. The third-order valence-corrected chi connectivity index (χ3v) is 3.75. The van der Waals surface area contributed by atoms with Crippen molar-refractivity contribution in [1.29, 1.82) is 0 Å². The molecule has 0 heterocycles. The van der Waals surface area contributed by atoms with E-state index in [9.17, 15) is 13.2 Å². The average Bonchev–Trinajstić information content (AvgIpc) is 2.22. The number of ether oxygens (including phenoxy) is 2. The molecule has 0 bridgehead atoms. The fourth-order valence-electron chi connectivity index (χ4n) is 1.47. The van der Waals surface area contributed by atoms with Crippen LogP contribution in [0.1, 0.15) is 48.5 Å². The highest BCUT2D eigenvalue weighted by Gasteiger charge is 2.31. The highest BCUT2D eigenvalue weighted by molar-refractivity contribution is 7.89. The fraction of sp³-hybridized carbons (Fsp3) is 0.929. The molecule has 0 aromatic rings. The lowest BCUT2D eigenvalue weighted by Crippen LogP contribution is -2.48. The Hall–Kier alpha value is -0.660. The molecule has 0 unspecified atom stereocenters. The van der Waals surface area contributed by atoms with E-state index in [4.69, 9.17) is 9.47 Å². The predicted octanol–water partition coefficient (Wildman–Crippen LogP) is 1.70. The van der Waals surface area contributed by atoms with E-state index < -0.39 is 27.6 Å². The minimum atomic E-state index is -3.60. The van der Waals surface area contributed by atoms with Gasteiger partial charge in [-0.1, -0.05) is 13.8 Å². The molecule has 1 atom stereocenters. The summed E-state index contributed by atoms with van der Waals surface area (Å²) in [5, 5.41) is 0. The van der Waals surface area contributed by atoms with Gasteiger partial charge in [-0.15, -0.1) is 0 Å². The van der Waals surface area contributed by atoms with E-state index in [-0.39, 0.29) is 24.4 Å². The van der Waals surface area contributed by atoms with Crippen molar-refractivity contribution in [3.05, 3.63) is 0 Å². The maximum absolute atomic E-state index is 12.1. The number of hydrogen-bond donors (Lipinski definition) is 1. The predicted molar refractivity (Wildman–Crippen MR) is 82.5 cm³/mol. The van der Waals surface area contributed by atoms with Crippen LogP contribution < -0.4 is 4.72 Å². The van der Waals surface area contributed by atoms with E-state index in [0.717, 1.165) is 0 Å². The van der Waals surface area contributed by atoms with E-state index in [0.29, 0.717) is 0 Å². The number of carbonyl (C=O) groups is 1. The number of carbonyl (C=O) groups excluding carboxylic acids is 1. The van der Waals surface area contributed by atoms with Gasteiger partial charge < -0.3 is 9.47 Å². The lowest BCUT2D eigenvalue weighted by Gasteiger charge is -2.26. The average molecular weight is 323 g/mol. The van der Waals surface area contributed by atoms with E-state index in [1.54, 1.807) is 34.6 Å². The Kier molecular flexibility index (Phi) is 7.84. The Labute approximate surface area is 128 Å². The van der Waals surface area contributed by atoms with Gasteiger partial charge in [-0.25, -0.2) is 13.1 Å². The molecule has 0 saturated carbocycles. The summed E-state index contributed by atoms with van der Waals surface area (Å²) in [4.78, 5) is 12.1. The first-order chi connectivity index (χ1) is 9.34. The van der Waals surface area contributed by atoms with Crippen molar-refractivity contribution >= 4 is 16.0 Å². The van der Waals surface area contributed by atoms with Crippen molar-refractivity contribution in [3.63, 3.8) is 0 Å². The molecule has 0 aromatic carbocycles. The Balaban J connectivity index is 4.73. The van der Waals surface area contributed by atoms with Crippen LogP contribution in [-0.4, -0.2) is 44.5 Å². The van der Waals surface area contributed by atoms with Crippen LogP contribution in [0.5, 0.6) is 0 Å². The monoisotopic (exact) mass is 323 g/mol. The second-order valence-corrected chi connectivity index (χ2v) is 8.48. The van der Waals surface area contributed by atoms with Gasteiger partial charge in [-0.05, 0) is 40.5 Å². The molecule has 0 amide bonds. The molecule has 0 fully saturated rings.